The summed E-state index contributed by atoms with van der Waals surface area (Å²) in [6.45, 7) is 5.65. The lowest BCUT2D eigenvalue weighted by molar-refractivity contribution is -0.360. The number of aliphatic hydroxyl groups excluding tert-OH is 9. The lowest BCUT2D eigenvalue weighted by atomic mass is 9.84. The predicted molar refractivity (Wildman–Crippen MR) is 458 cm³/mol. The SMILES string of the molecule is CCCCCCCCCCCCCCCCCCC(=O)OCC(COP(=O)(O)OC1C(OC2OC(CO)C(O)C(O)C2O)C(O)C(O)C(OC(=O)CCCCCCCCCCCCCCCCC)C1OC1OC(COC(=O)CCCCCCCCCCCCCCC)C(O)C(O)C1O)OC(=O)CCCCCCCCCCCCCCCCC. The van der Waals surface area contributed by atoms with Crippen LogP contribution in [0.2, 0.25) is 0 Å². The summed E-state index contributed by atoms with van der Waals surface area (Å²) in [5.41, 5.74) is 0. The zero-order valence-electron chi connectivity index (χ0n) is 74.2. The molecule has 2 saturated heterocycles. The molecule has 0 aromatic rings. The maximum Gasteiger partial charge on any atom is 0.472 e. The van der Waals surface area contributed by atoms with Crippen LogP contribution in [0.5, 0.6) is 0 Å². The van der Waals surface area contributed by atoms with Crippen LogP contribution in [0.4, 0.5) is 0 Å². The zero-order valence-corrected chi connectivity index (χ0v) is 75.1. The molecule has 0 aromatic carbocycles. The van der Waals surface area contributed by atoms with E-state index in [1.165, 1.54) is 218 Å². The van der Waals surface area contributed by atoms with Gasteiger partial charge in [0.25, 0.3) is 0 Å². The van der Waals surface area contributed by atoms with Crippen LogP contribution >= 0.6 is 7.82 Å². The molecular formula is C92H173O25P. The molecule has 3 fully saturated rings. The van der Waals surface area contributed by atoms with E-state index in [1.54, 1.807) is 0 Å². The molecule has 3 rings (SSSR count). The molecule has 0 spiro atoms. The summed E-state index contributed by atoms with van der Waals surface area (Å²) in [6, 6.07) is 0. The van der Waals surface area contributed by atoms with Crippen molar-refractivity contribution >= 4 is 31.7 Å². The summed E-state index contributed by atoms with van der Waals surface area (Å²) < 4.78 is 73.5. The minimum Gasteiger partial charge on any atom is -0.463 e. The van der Waals surface area contributed by atoms with Crippen molar-refractivity contribution in [3.63, 3.8) is 0 Å². The average molecular weight is 1710 g/mol. The second-order valence-electron chi connectivity index (χ2n) is 34.6. The largest absolute Gasteiger partial charge is 0.472 e. The number of carbonyl (C=O) groups is 4. The van der Waals surface area contributed by atoms with Crippen molar-refractivity contribution < 1.29 is 122 Å². The normalized spacial score (nSPS) is 24.9. The topological polar surface area (TPSA) is 380 Å². The minimum absolute atomic E-state index is 0.0199. The maximum absolute atomic E-state index is 14.9. The molecule has 1 aliphatic carbocycles. The van der Waals surface area contributed by atoms with Crippen LogP contribution < -0.4 is 0 Å². The molecule has 696 valence electrons. The van der Waals surface area contributed by atoms with Crippen LogP contribution in [0.3, 0.4) is 0 Å². The number of aliphatic hydroxyl groups is 9. The zero-order chi connectivity index (χ0) is 86.1. The Labute approximate surface area is 712 Å². The Hall–Kier alpha value is -2.53. The van der Waals surface area contributed by atoms with Crippen LogP contribution in [0.15, 0.2) is 0 Å². The van der Waals surface area contributed by atoms with E-state index in [0.717, 1.165) is 128 Å². The number of phosphoric ester groups is 1. The van der Waals surface area contributed by atoms with Gasteiger partial charge in [-0.15, -0.1) is 0 Å². The molecule has 18 atom stereocenters. The number of rotatable bonds is 79. The monoisotopic (exact) mass is 1710 g/mol. The van der Waals surface area contributed by atoms with Crippen LogP contribution in [0, 0.1) is 0 Å². The molecular weight excluding hydrogens is 1540 g/mol. The van der Waals surface area contributed by atoms with Gasteiger partial charge in [-0.05, 0) is 25.7 Å². The van der Waals surface area contributed by atoms with E-state index < -0.39 is 162 Å². The number of carbonyl (C=O) groups excluding carboxylic acids is 4. The molecule has 3 aliphatic rings. The molecule has 0 amide bonds. The van der Waals surface area contributed by atoms with E-state index in [9.17, 15) is 74.6 Å². The predicted octanol–water partition coefficient (Wildman–Crippen LogP) is 18.2. The molecule has 2 aliphatic heterocycles. The Morgan fingerprint density at radius 1 is 0.305 bits per heavy atom. The van der Waals surface area contributed by atoms with Crippen LogP contribution in [-0.4, -0.2) is 205 Å². The van der Waals surface area contributed by atoms with Gasteiger partial charge in [0.05, 0.1) is 13.2 Å². The van der Waals surface area contributed by atoms with Crippen LogP contribution in [0.1, 0.15) is 432 Å². The maximum atomic E-state index is 14.9. The number of unbranched alkanes of at least 4 members (excludes halogenated alkanes) is 55. The van der Waals surface area contributed by atoms with Crippen molar-refractivity contribution in [2.75, 3.05) is 26.4 Å². The Balaban J connectivity index is 1.90. The summed E-state index contributed by atoms with van der Waals surface area (Å²) >= 11 is 0. The van der Waals surface area contributed by atoms with Gasteiger partial charge in [-0.3, -0.25) is 28.2 Å². The number of phosphoric acid groups is 1. The first kappa shape index (κ1) is 110. The van der Waals surface area contributed by atoms with E-state index in [0.29, 0.717) is 32.1 Å². The lowest BCUT2D eigenvalue weighted by Gasteiger charge is -2.50. The fraction of sp³-hybridized carbons (Fsp3) is 0.957. The third-order valence-electron chi connectivity index (χ3n) is 23.9. The highest BCUT2D eigenvalue weighted by molar-refractivity contribution is 7.47. The molecule has 18 unspecified atom stereocenters. The third kappa shape index (κ3) is 51.2. The summed E-state index contributed by atoms with van der Waals surface area (Å²) in [5, 5.41) is 102. The van der Waals surface area contributed by atoms with Gasteiger partial charge in [0.2, 0.25) is 0 Å². The first-order chi connectivity index (χ1) is 57.2. The fourth-order valence-corrected chi connectivity index (χ4v) is 17.2. The first-order valence-corrected chi connectivity index (χ1v) is 49.8. The third-order valence-corrected chi connectivity index (χ3v) is 24.8. The van der Waals surface area contributed by atoms with E-state index in [1.807, 2.05) is 0 Å². The minimum atomic E-state index is -5.80. The molecule has 26 heteroatoms. The average Bonchev–Trinajstić information content (AvgIpc) is 0.754. The van der Waals surface area contributed by atoms with Gasteiger partial charge in [0.1, 0.15) is 92.6 Å². The second kappa shape index (κ2) is 71.6. The Morgan fingerprint density at radius 3 is 0.924 bits per heavy atom. The summed E-state index contributed by atoms with van der Waals surface area (Å²) in [7, 11) is -5.80. The summed E-state index contributed by atoms with van der Waals surface area (Å²) in [5.74, 6) is -2.94. The highest BCUT2D eigenvalue weighted by atomic mass is 31.2. The molecule has 118 heavy (non-hydrogen) atoms. The van der Waals surface area contributed by atoms with Gasteiger partial charge in [0.15, 0.2) is 24.8 Å². The Kier molecular flexibility index (Phi) is 66.5. The van der Waals surface area contributed by atoms with Crippen molar-refractivity contribution in [3.05, 3.63) is 0 Å². The van der Waals surface area contributed by atoms with Gasteiger partial charge in [-0.2, -0.15) is 0 Å². The summed E-state index contributed by atoms with van der Waals surface area (Å²) in [6.07, 6.45) is 29.3. The van der Waals surface area contributed by atoms with Crippen molar-refractivity contribution in [2.24, 2.45) is 0 Å². The highest BCUT2D eigenvalue weighted by Gasteiger charge is 2.60. The van der Waals surface area contributed by atoms with Gasteiger partial charge < -0.3 is 88.7 Å². The second-order valence-corrected chi connectivity index (χ2v) is 36.0. The standard InChI is InChI=1S/C92H173O25P/c1-5-9-13-17-21-25-29-33-36-39-41-45-48-52-56-60-64-75(94)108-69-72(111-77(96)66-62-58-54-50-46-42-37-34-30-26-22-18-14-10-6-2)70-110-118(106,107)117-90-88(115-91-85(104)81(100)79(98)73(68-93)112-91)84(103)83(102)87(114-78(97)67-63-59-55-51-47-43-38-35-31-27-23-19-15-11-7-3)89(90)116-92-86(105)82(101)80(99)74(113-92)71-109-76(95)65-61-57-53-49-44-40-32-28-24-20-16-12-8-4/h72-74,79-93,98-105H,5-71H2,1-4H3,(H,106,107). The van der Waals surface area contributed by atoms with Crippen molar-refractivity contribution in [2.45, 2.75) is 536 Å². The molecule has 1 saturated carbocycles. The molecule has 0 radical (unpaired) electrons. The number of hydrogen-bond acceptors (Lipinski definition) is 24. The van der Waals surface area contributed by atoms with Crippen molar-refractivity contribution in [1.82, 2.24) is 0 Å². The van der Waals surface area contributed by atoms with E-state index in [4.69, 9.17) is 46.9 Å². The van der Waals surface area contributed by atoms with E-state index >= 15 is 0 Å². The molecule has 25 nitrogen and oxygen atoms in total. The number of esters is 4. The van der Waals surface area contributed by atoms with Gasteiger partial charge in [-0.1, -0.05) is 381 Å². The van der Waals surface area contributed by atoms with Crippen LogP contribution in [0.25, 0.3) is 0 Å². The number of hydrogen-bond donors (Lipinski definition) is 10. The smallest absolute Gasteiger partial charge is 0.463 e. The van der Waals surface area contributed by atoms with Crippen LogP contribution in [-0.2, 0) is 70.7 Å². The Morgan fingerprint density at radius 2 is 0.585 bits per heavy atom. The van der Waals surface area contributed by atoms with E-state index in [-0.39, 0.29) is 25.7 Å². The molecule has 0 bridgehead atoms. The Bertz CT molecular complexity index is 2450. The van der Waals surface area contributed by atoms with E-state index in [2.05, 4.69) is 27.7 Å². The number of ether oxygens (including phenoxy) is 8. The quantitative estimate of drug-likeness (QED) is 0.0117. The lowest BCUT2D eigenvalue weighted by Crippen LogP contribution is -2.70. The van der Waals surface area contributed by atoms with Crippen molar-refractivity contribution in [3.8, 4) is 0 Å². The molecule has 10 N–H and O–H groups in total. The highest BCUT2D eigenvalue weighted by Crippen LogP contribution is 2.49. The van der Waals surface area contributed by atoms with Gasteiger partial charge in [-0.25, -0.2) is 4.57 Å². The molecule has 0 aromatic heterocycles. The first-order valence-electron chi connectivity index (χ1n) is 48.3. The summed E-state index contributed by atoms with van der Waals surface area (Å²) in [4.78, 5) is 66.5. The molecule has 2 heterocycles. The van der Waals surface area contributed by atoms with Gasteiger partial charge >= 0.3 is 31.7 Å². The fourth-order valence-electron chi connectivity index (χ4n) is 16.2. The van der Waals surface area contributed by atoms with Gasteiger partial charge in [0, 0.05) is 25.7 Å². The van der Waals surface area contributed by atoms with Crippen molar-refractivity contribution in [1.29, 1.82) is 0 Å².